The first kappa shape index (κ1) is 15.2. The second kappa shape index (κ2) is 6.06. The second-order valence-corrected chi connectivity index (χ2v) is 5.32. The highest BCUT2D eigenvalue weighted by molar-refractivity contribution is 6.29. The summed E-state index contributed by atoms with van der Waals surface area (Å²) in [6, 6.07) is 7.07. The van der Waals surface area contributed by atoms with Crippen LogP contribution < -0.4 is 5.56 Å². The summed E-state index contributed by atoms with van der Waals surface area (Å²) >= 11 is 5.82. The summed E-state index contributed by atoms with van der Waals surface area (Å²) < 4.78 is 14.8. The third-order valence-corrected chi connectivity index (χ3v) is 3.23. The molecule has 2 aromatic rings. The molecule has 0 unspecified atom stereocenters. The molecule has 2 rings (SSSR count). The van der Waals surface area contributed by atoms with Crippen LogP contribution in [0.15, 0.2) is 29.1 Å². The van der Waals surface area contributed by atoms with E-state index in [1.165, 1.54) is 28.8 Å². The van der Waals surface area contributed by atoms with Gasteiger partial charge in [0.15, 0.2) is 0 Å². The highest BCUT2D eigenvalue weighted by Crippen LogP contribution is 2.17. The number of hydrogen-bond acceptors (Lipinski definition) is 3. The summed E-state index contributed by atoms with van der Waals surface area (Å²) in [6.45, 7) is 3.84. The Morgan fingerprint density at radius 2 is 2.14 bits per heavy atom. The van der Waals surface area contributed by atoms with Gasteiger partial charge in [0.25, 0.3) is 5.56 Å². The first-order valence-corrected chi connectivity index (χ1v) is 6.76. The van der Waals surface area contributed by atoms with Gasteiger partial charge in [-0.05, 0) is 23.8 Å². The monoisotopic (exact) mass is 305 g/mol. The lowest BCUT2D eigenvalue weighted by molar-refractivity contribution is 0.607. The minimum Gasteiger partial charge on any atom is -0.292 e. The van der Waals surface area contributed by atoms with E-state index in [0.717, 1.165) is 0 Å². The van der Waals surface area contributed by atoms with Crippen LogP contribution in [0.3, 0.4) is 0 Å². The van der Waals surface area contributed by atoms with Crippen molar-refractivity contribution in [3.05, 3.63) is 62.5 Å². The zero-order valence-electron chi connectivity index (χ0n) is 11.6. The first-order valence-electron chi connectivity index (χ1n) is 6.38. The van der Waals surface area contributed by atoms with E-state index >= 15 is 0 Å². The number of benzene rings is 1. The van der Waals surface area contributed by atoms with Crippen LogP contribution in [0.25, 0.3) is 0 Å². The SMILES string of the molecule is CC(C)c1nc(Cl)cc(=O)n1Cc1cc(F)ccc1C#N. The summed E-state index contributed by atoms with van der Waals surface area (Å²) in [5.41, 5.74) is 0.436. The Kier molecular flexibility index (Phi) is 4.39. The lowest BCUT2D eigenvalue weighted by Crippen LogP contribution is -2.26. The van der Waals surface area contributed by atoms with Gasteiger partial charge in [0.2, 0.25) is 0 Å². The van der Waals surface area contributed by atoms with Gasteiger partial charge in [0, 0.05) is 12.0 Å². The predicted octanol–water partition coefficient (Wildman–Crippen LogP) is 3.08. The fourth-order valence-electron chi connectivity index (χ4n) is 2.07. The van der Waals surface area contributed by atoms with Crippen LogP contribution in [0.4, 0.5) is 4.39 Å². The molecule has 0 aliphatic heterocycles. The lowest BCUT2D eigenvalue weighted by atomic mass is 10.1. The van der Waals surface area contributed by atoms with E-state index in [9.17, 15) is 9.18 Å². The predicted molar refractivity (Wildman–Crippen MR) is 77.8 cm³/mol. The Labute approximate surface area is 126 Å². The van der Waals surface area contributed by atoms with Crippen molar-refractivity contribution in [1.82, 2.24) is 9.55 Å². The largest absolute Gasteiger partial charge is 0.292 e. The Bertz CT molecular complexity index is 777. The summed E-state index contributed by atoms with van der Waals surface area (Å²) in [5, 5.41) is 9.21. The van der Waals surface area contributed by atoms with E-state index in [1.807, 2.05) is 19.9 Å². The average Bonchev–Trinajstić information content (AvgIpc) is 2.41. The molecule has 1 aromatic heterocycles. The molecule has 0 saturated heterocycles. The maximum absolute atomic E-state index is 13.4. The Morgan fingerprint density at radius 3 is 2.76 bits per heavy atom. The van der Waals surface area contributed by atoms with Crippen LogP contribution in [-0.2, 0) is 6.54 Å². The molecule has 4 nitrogen and oxygen atoms in total. The van der Waals surface area contributed by atoms with Crippen molar-refractivity contribution in [3.8, 4) is 6.07 Å². The summed E-state index contributed by atoms with van der Waals surface area (Å²) in [5.74, 6) is 0.0150. The van der Waals surface area contributed by atoms with Gasteiger partial charge in [-0.3, -0.25) is 9.36 Å². The molecule has 0 spiro atoms. The minimum atomic E-state index is -0.454. The molecule has 6 heteroatoms. The van der Waals surface area contributed by atoms with Crippen molar-refractivity contribution in [2.45, 2.75) is 26.3 Å². The fraction of sp³-hybridized carbons (Fsp3) is 0.267. The Balaban J connectivity index is 2.57. The lowest BCUT2D eigenvalue weighted by Gasteiger charge is -2.15. The van der Waals surface area contributed by atoms with Crippen molar-refractivity contribution in [1.29, 1.82) is 5.26 Å². The molecular weight excluding hydrogens is 293 g/mol. The van der Waals surface area contributed by atoms with Gasteiger partial charge in [-0.2, -0.15) is 5.26 Å². The average molecular weight is 306 g/mol. The van der Waals surface area contributed by atoms with Gasteiger partial charge >= 0.3 is 0 Å². The highest BCUT2D eigenvalue weighted by atomic mass is 35.5. The third kappa shape index (κ3) is 3.29. The standard InChI is InChI=1S/C15H13ClFN3O/c1-9(2)15-19-13(16)6-14(21)20(15)8-11-5-12(17)4-3-10(11)7-18/h3-6,9H,8H2,1-2H3. The molecule has 1 aromatic carbocycles. The molecule has 0 N–H and O–H groups in total. The smallest absolute Gasteiger partial charge is 0.255 e. The second-order valence-electron chi connectivity index (χ2n) is 4.93. The van der Waals surface area contributed by atoms with Crippen LogP contribution in [0.2, 0.25) is 5.15 Å². The number of nitrogens with zero attached hydrogens (tertiary/aromatic N) is 3. The normalized spacial score (nSPS) is 10.7. The van der Waals surface area contributed by atoms with Crippen molar-refractivity contribution in [2.75, 3.05) is 0 Å². The number of rotatable bonds is 3. The number of hydrogen-bond donors (Lipinski definition) is 0. The molecule has 21 heavy (non-hydrogen) atoms. The molecular formula is C15H13ClFN3O. The maximum Gasteiger partial charge on any atom is 0.255 e. The third-order valence-electron chi connectivity index (χ3n) is 3.04. The Morgan fingerprint density at radius 1 is 1.43 bits per heavy atom. The molecule has 0 fully saturated rings. The minimum absolute atomic E-state index is 0.0319. The van der Waals surface area contributed by atoms with Gasteiger partial charge in [-0.25, -0.2) is 9.37 Å². The molecule has 0 saturated carbocycles. The van der Waals surface area contributed by atoms with E-state index in [4.69, 9.17) is 16.9 Å². The number of aromatic nitrogens is 2. The van der Waals surface area contributed by atoms with Crippen molar-refractivity contribution >= 4 is 11.6 Å². The van der Waals surface area contributed by atoms with E-state index < -0.39 is 5.82 Å². The van der Waals surface area contributed by atoms with Crippen molar-refractivity contribution in [2.24, 2.45) is 0 Å². The number of nitriles is 1. The maximum atomic E-state index is 13.4. The molecule has 0 radical (unpaired) electrons. The van der Waals surface area contributed by atoms with Crippen LogP contribution in [0, 0.1) is 17.1 Å². The summed E-state index contributed by atoms with van der Waals surface area (Å²) in [4.78, 5) is 16.3. The molecule has 108 valence electrons. The van der Waals surface area contributed by atoms with E-state index in [2.05, 4.69) is 4.98 Å². The highest BCUT2D eigenvalue weighted by Gasteiger charge is 2.14. The zero-order chi connectivity index (χ0) is 15.6. The zero-order valence-corrected chi connectivity index (χ0v) is 12.4. The molecule has 0 atom stereocenters. The van der Waals surface area contributed by atoms with E-state index in [-0.39, 0.29) is 23.2 Å². The van der Waals surface area contributed by atoms with Gasteiger partial charge in [-0.15, -0.1) is 0 Å². The van der Waals surface area contributed by atoms with Crippen molar-refractivity contribution < 1.29 is 4.39 Å². The van der Waals surface area contributed by atoms with Gasteiger partial charge in [0.05, 0.1) is 18.2 Å². The Hall–Kier alpha value is -2.19. The van der Waals surface area contributed by atoms with Gasteiger partial charge in [0.1, 0.15) is 16.8 Å². The fourth-order valence-corrected chi connectivity index (χ4v) is 2.25. The van der Waals surface area contributed by atoms with Crippen LogP contribution >= 0.6 is 11.6 Å². The topological polar surface area (TPSA) is 58.7 Å². The van der Waals surface area contributed by atoms with Crippen LogP contribution in [-0.4, -0.2) is 9.55 Å². The molecule has 1 heterocycles. The molecule has 0 aliphatic rings. The van der Waals surface area contributed by atoms with E-state index in [1.54, 1.807) is 0 Å². The number of halogens is 2. The summed E-state index contributed by atoms with van der Waals surface area (Å²) in [6.07, 6.45) is 0. The summed E-state index contributed by atoms with van der Waals surface area (Å²) in [7, 11) is 0. The quantitative estimate of drug-likeness (QED) is 0.819. The molecule has 0 aliphatic carbocycles. The van der Waals surface area contributed by atoms with Crippen molar-refractivity contribution in [3.63, 3.8) is 0 Å². The first-order chi connectivity index (χ1) is 9.92. The van der Waals surface area contributed by atoms with Gasteiger partial charge in [-0.1, -0.05) is 25.4 Å². The molecule has 0 amide bonds. The van der Waals surface area contributed by atoms with Crippen LogP contribution in [0.5, 0.6) is 0 Å². The molecule has 0 bridgehead atoms. The van der Waals surface area contributed by atoms with Gasteiger partial charge < -0.3 is 0 Å². The van der Waals surface area contributed by atoms with Crippen LogP contribution in [0.1, 0.15) is 36.7 Å². The van der Waals surface area contributed by atoms with E-state index in [0.29, 0.717) is 17.0 Å².